The number of fused-ring (bicyclic) bond motifs is 1. The van der Waals surface area contributed by atoms with E-state index in [1.165, 1.54) is 24.3 Å². The molecule has 0 saturated carbocycles. The number of nitrogens with zero attached hydrogens (tertiary/aromatic N) is 2. The van der Waals surface area contributed by atoms with E-state index in [0.29, 0.717) is 10.2 Å². The van der Waals surface area contributed by atoms with Crippen molar-refractivity contribution in [1.82, 2.24) is 15.1 Å². The van der Waals surface area contributed by atoms with Gasteiger partial charge in [0.25, 0.3) is 5.91 Å². The highest BCUT2D eigenvalue weighted by Crippen LogP contribution is 2.46. The first-order valence-corrected chi connectivity index (χ1v) is 10.3. The molecule has 168 valence electrons. The lowest BCUT2D eigenvalue weighted by Gasteiger charge is -2.33. The summed E-state index contributed by atoms with van der Waals surface area (Å²) in [5, 5.41) is 9.36. The van der Waals surface area contributed by atoms with Gasteiger partial charge in [0.15, 0.2) is 11.7 Å². The van der Waals surface area contributed by atoms with Crippen LogP contribution in [0.5, 0.6) is 0 Å². The van der Waals surface area contributed by atoms with E-state index in [1.807, 2.05) is 30.3 Å². The second-order valence-electron chi connectivity index (χ2n) is 7.60. The van der Waals surface area contributed by atoms with Crippen LogP contribution in [-0.4, -0.2) is 21.9 Å². The molecule has 0 bridgehead atoms. The van der Waals surface area contributed by atoms with Crippen molar-refractivity contribution in [1.29, 1.82) is 0 Å². The first-order chi connectivity index (χ1) is 15.1. The Morgan fingerprint density at radius 1 is 1.19 bits per heavy atom. The predicted octanol–water partition coefficient (Wildman–Crippen LogP) is 5.83. The number of amides is 1. The molecular weight excluding hydrogens is 448 g/mol. The van der Waals surface area contributed by atoms with Crippen LogP contribution in [0.4, 0.5) is 23.4 Å². The summed E-state index contributed by atoms with van der Waals surface area (Å²) in [4.78, 5) is 12.8. The van der Waals surface area contributed by atoms with Gasteiger partial charge in [0, 0.05) is 6.42 Å². The summed E-state index contributed by atoms with van der Waals surface area (Å²) < 4.78 is 55.5. The first kappa shape index (κ1) is 22.1. The van der Waals surface area contributed by atoms with Crippen molar-refractivity contribution in [3.05, 3.63) is 82.3 Å². The zero-order chi connectivity index (χ0) is 23.0. The molecule has 5 nitrogen and oxygen atoms in total. The third-order valence-corrected chi connectivity index (χ3v) is 5.79. The number of rotatable bonds is 4. The highest BCUT2D eigenvalue weighted by atomic mass is 35.5. The van der Waals surface area contributed by atoms with Gasteiger partial charge in [-0.05, 0) is 30.2 Å². The van der Waals surface area contributed by atoms with Gasteiger partial charge in [-0.15, -0.1) is 0 Å². The highest BCUT2D eigenvalue weighted by molar-refractivity contribution is 6.36. The number of anilines is 1. The fraction of sp³-hybridized carbons (Fsp3) is 0.273. The number of hydrogen-bond acceptors (Lipinski definition) is 3. The highest BCUT2D eigenvalue weighted by Gasteiger charge is 2.47. The summed E-state index contributed by atoms with van der Waals surface area (Å²) in [6.45, 7) is 1.75. The second kappa shape index (κ2) is 8.46. The van der Waals surface area contributed by atoms with E-state index in [-0.39, 0.29) is 23.0 Å². The molecule has 32 heavy (non-hydrogen) atoms. The van der Waals surface area contributed by atoms with Crippen LogP contribution in [0.3, 0.4) is 0 Å². The second-order valence-corrected chi connectivity index (χ2v) is 7.98. The van der Waals surface area contributed by atoms with E-state index < -0.39 is 36.0 Å². The minimum atomic E-state index is -4.63. The third-order valence-electron chi connectivity index (χ3n) is 5.43. The number of carbonyl (C=O) groups is 1. The summed E-state index contributed by atoms with van der Waals surface area (Å²) >= 11 is 6.33. The minimum absolute atomic E-state index is 0.105. The molecule has 0 radical (unpaired) electrons. The summed E-state index contributed by atoms with van der Waals surface area (Å²) in [7, 11) is 0. The number of carbonyl (C=O) groups excluding carboxylic acids is 1. The molecule has 1 aliphatic heterocycles. The molecule has 1 aliphatic rings. The molecule has 3 unspecified atom stereocenters. The maximum Gasteiger partial charge on any atom is 0.410 e. The summed E-state index contributed by atoms with van der Waals surface area (Å²) in [5.74, 6) is -1.28. The molecule has 10 heteroatoms. The standard InChI is InChI=1S/C22H19ClF4N4O/c1-12(13-5-3-2-4-6-13)28-21(32)19-18(23)20-29-16(14-7-9-15(24)10-8-14)11-17(22(25,26)27)31(20)30-19/h2-10,12,16-17,29H,11H2,1H3,(H,28,32). The monoisotopic (exact) mass is 466 g/mol. The lowest BCUT2D eigenvalue weighted by Crippen LogP contribution is -2.36. The molecular formula is C22H19ClF4N4O. The van der Waals surface area contributed by atoms with Crippen molar-refractivity contribution in [3.8, 4) is 0 Å². The van der Waals surface area contributed by atoms with E-state index >= 15 is 0 Å². The van der Waals surface area contributed by atoms with Crippen LogP contribution in [0.1, 0.15) is 53.1 Å². The van der Waals surface area contributed by atoms with E-state index in [4.69, 9.17) is 11.6 Å². The average Bonchev–Trinajstić information content (AvgIpc) is 3.10. The first-order valence-electron chi connectivity index (χ1n) is 9.87. The van der Waals surface area contributed by atoms with Crippen molar-refractivity contribution in [2.45, 2.75) is 37.6 Å². The van der Waals surface area contributed by atoms with Gasteiger partial charge in [-0.2, -0.15) is 18.3 Å². The lowest BCUT2D eigenvalue weighted by molar-refractivity contribution is -0.173. The summed E-state index contributed by atoms with van der Waals surface area (Å²) in [6.07, 6.45) is -5.02. The van der Waals surface area contributed by atoms with Gasteiger partial charge in [-0.1, -0.05) is 54.1 Å². The van der Waals surface area contributed by atoms with Crippen molar-refractivity contribution in [2.75, 3.05) is 5.32 Å². The number of benzene rings is 2. The smallest absolute Gasteiger partial charge is 0.362 e. The number of halogens is 5. The molecule has 0 aliphatic carbocycles. The Kier molecular flexibility index (Phi) is 5.85. The average molecular weight is 467 g/mol. The third kappa shape index (κ3) is 4.29. The van der Waals surface area contributed by atoms with E-state index in [0.717, 1.165) is 5.56 Å². The van der Waals surface area contributed by atoms with Crippen LogP contribution in [0.15, 0.2) is 54.6 Å². The Morgan fingerprint density at radius 2 is 1.84 bits per heavy atom. The zero-order valence-corrected chi connectivity index (χ0v) is 17.6. The number of alkyl halides is 3. The maximum atomic E-state index is 13.9. The molecule has 1 amide bonds. The minimum Gasteiger partial charge on any atom is -0.362 e. The van der Waals surface area contributed by atoms with Crippen LogP contribution in [0.25, 0.3) is 0 Å². The van der Waals surface area contributed by atoms with Crippen molar-refractivity contribution in [2.24, 2.45) is 0 Å². The van der Waals surface area contributed by atoms with Gasteiger partial charge in [0.2, 0.25) is 0 Å². The summed E-state index contributed by atoms with van der Waals surface area (Å²) in [5.41, 5.74) is 0.988. The van der Waals surface area contributed by atoms with Gasteiger partial charge in [-0.3, -0.25) is 4.79 Å². The van der Waals surface area contributed by atoms with E-state index in [1.54, 1.807) is 6.92 Å². The zero-order valence-electron chi connectivity index (χ0n) is 16.8. The van der Waals surface area contributed by atoms with Crippen molar-refractivity contribution in [3.63, 3.8) is 0 Å². The van der Waals surface area contributed by atoms with Crippen LogP contribution < -0.4 is 10.6 Å². The van der Waals surface area contributed by atoms with E-state index in [2.05, 4.69) is 15.7 Å². The quantitative estimate of drug-likeness (QED) is 0.476. The topological polar surface area (TPSA) is 59.0 Å². The Balaban J connectivity index is 1.66. The lowest BCUT2D eigenvalue weighted by atomic mass is 9.97. The maximum absolute atomic E-state index is 13.9. The molecule has 3 atom stereocenters. The SMILES string of the molecule is CC(NC(=O)c1nn2c(c1Cl)NC(c1ccc(F)cc1)CC2C(F)(F)F)c1ccccc1. The molecule has 1 aromatic heterocycles. The predicted molar refractivity (Wildman–Crippen MR) is 112 cm³/mol. The van der Waals surface area contributed by atoms with Gasteiger partial charge in [-0.25, -0.2) is 9.07 Å². The molecule has 2 N–H and O–H groups in total. The molecule has 2 heterocycles. The van der Waals surface area contributed by atoms with Crippen LogP contribution in [0, 0.1) is 5.82 Å². The van der Waals surface area contributed by atoms with Crippen LogP contribution in [0.2, 0.25) is 5.02 Å². The fourth-order valence-electron chi connectivity index (χ4n) is 3.74. The fourth-order valence-corrected chi connectivity index (χ4v) is 4.00. The Bertz CT molecular complexity index is 1120. The number of hydrogen-bond donors (Lipinski definition) is 2. The van der Waals surface area contributed by atoms with Crippen LogP contribution >= 0.6 is 11.6 Å². The van der Waals surface area contributed by atoms with Gasteiger partial charge < -0.3 is 10.6 Å². The molecule has 4 rings (SSSR count). The van der Waals surface area contributed by atoms with Crippen molar-refractivity contribution >= 4 is 23.3 Å². The number of nitrogens with one attached hydrogen (secondary N) is 2. The molecule has 0 saturated heterocycles. The molecule has 0 spiro atoms. The van der Waals surface area contributed by atoms with E-state index in [9.17, 15) is 22.4 Å². The Morgan fingerprint density at radius 3 is 2.47 bits per heavy atom. The molecule has 0 fully saturated rings. The Labute approximate surface area is 186 Å². The normalized spacial score (nSPS) is 19.1. The summed E-state index contributed by atoms with van der Waals surface area (Å²) in [6, 6.07) is 11.1. The largest absolute Gasteiger partial charge is 0.410 e. The van der Waals surface area contributed by atoms with Crippen LogP contribution in [-0.2, 0) is 0 Å². The Hall–Kier alpha value is -3.07. The van der Waals surface area contributed by atoms with Gasteiger partial charge in [0.05, 0.1) is 12.1 Å². The van der Waals surface area contributed by atoms with Gasteiger partial charge in [0.1, 0.15) is 16.7 Å². The molecule has 3 aromatic rings. The van der Waals surface area contributed by atoms with Gasteiger partial charge >= 0.3 is 6.18 Å². The number of aromatic nitrogens is 2. The van der Waals surface area contributed by atoms with Crippen molar-refractivity contribution < 1.29 is 22.4 Å². The molecule has 2 aromatic carbocycles.